The van der Waals surface area contributed by atoms with Gasteiger partial charge >= 0.3 is 0 Å². The molecule has 1 aliphatic rings. The number of sulfonamides is 1. The Kier molecular flexibility index (Phi) is 6.65. The van der Waals surface area contributed by atoms with Crippen LogP contribution in [0.3, 0.4) is 0 Å². The molecule has 0 unspecified atom stereocenters. The standard InChI is InChI=1S/C20H22Cl2N2O3S/c1-14-18(22)8-3-9-19(14)23-20(25)16-6-4-10-24(12-16)28(26,27)13-15-5-2-7-17(21)11-15/h2-3,5,7-9,11,16H,4,6,10,12-13H2,1H3,(H,23,25)/t16-/m0/s1. The van der Waals surface area contributed by atoms with E-state index in [2.05, 4.69) is 5.32 Å². The summed E-state index contributed by atoms with van der Waals surface area (Å²) in [6.07, 6.45) is 1.29. The molecule has 2 aromatic carbocycles. The Bertz CT molecular complexity index is 979. The number of nitrogens with zero attached hydrogens (tertiary/aromatic N) is 1. The number of hydrogen-bond acceptors (Lipinski definition) is 3. The second-order valence-corrected chi connectivity index (χ2v) is 9.80. The summed E-state index contributed by atoms with van der Waals surface area (Å²) in [6, 6.07) is 12.1. The lowest BCUT2D eigenvalue weighted by Crippen LogP contribution is -2.44. The Morgan fingerprint density at radius 3 is 2.71 bits per heavy atom. The molecule has 0 saturated carbocycles. The summed E-state index contributed by atoms with van der Waals surface area (Å²) in [5.74, 6) is -0.718. The van der Waals surface area contributed by atoms with Gasteiger partial charge in [0.25, 0.3) is 0 Å². The first-order chi connectivity index (χ1) is 13.3. The number of amides is 1. The maximum atomic E-state index is 12.8. The third kappa shape index (κ3) is 5.06. The summed E-state index contributed by atoms with van der Waals surface area (Å²) in [4.78, 5) is 12.7. The molecule has 1 heterocycles. The molecule has 8 heteroatoms. The Morgan fingerprint density at radius 2 is 1.96 bits per heavy atom. The summed E-state index contributed by atoms with van der Waals surface area (Å²) in [7, 11) is -3.53. The zero-order valence-electron chi connectivity index (χ0n) is 15.5. The van der Waals surface area contributed by atoms with Gasteiger partial charge in [-0.1, -0.05) is 41.4 Å². The van der Waals surface area contributed by atoms with E-state index in [1.807, 2.05) is 6.92 Å². The first-order valence-corrected chi connectivity index (χ1v) is 11.4. The zero-order valence-corrected chi connectivity index (χ0v) is 17.8. The summed E-state index contributed by atoms with van der Waals surface area (Å²) in [5, 5.41) is 3.96. The highest BCUT2D eigenvalue weighted by atomic mass is 35.5. The average Bonchev–Trinajstić information content (AvgIpc) is 2.65. The van der Waals surface area contributed by atoms with Crippen LogP contribution in [-0.4, -0.2) is 31.7 Å². The quantitative estimate of drug-likeness (QED) is 0.744. The van der Waals surface area contributed by atoms with Crippen molar-refractivity contribution in [3.63, 3.8) is 0 Å². The number of carbonyl (C=O) groups excluding carboxylic acids is 1. The van der Waals surface area contributed by atoms with E-state index < -0.39 is 15.9 Å². The predicted octanol–water partition coefficient (Wildman–Crippen LogP) is 4.48. The molecule has 150 valence electrons. The molecule has 0 radical (unpaired) electrons. The van der Waals surface area contributed by atoms with Crippen LogP contribution in [-0.2, 0) is 20.6 Å². The van der Waals surface area contributed by atoms with Crippen molar-refractivity contribution in [2.24, 2.45) is 5.92 Å². The second-order valence-electron chi connectivity index (χ2n) is 6.98. The van der Waals surface area contributed by atoms with Gasteiger partial charge in [-0.25, -0.2) is 12.7 Å². The number of nitrogens with one attached hydrogen (secondary N) is 1. The van der Waals surface area contributed by atoms with Crippen LogP contribution in [0.4, 0.5) is 5.69 Å². The fraction of sp³-hybridized carbons (Fsp3) is 0.350. The number of benzene rings is 2. The molecule has 5 nitrogen and oxygen atoms in total. The van der Waals surface area contributed by atoms with E-state index in [4.69, 9.17) is 23.2 Å². The SMILES string of the molecule is Cc1c(Cl)cccc1NC(=O)[C@H]1CCCN(S(=O)(=O)Cc2cccc(Cl)c2)C1. The van der Waals surface area contributed by atoms with Gasteiger partial charge in [-0.3, -0.25) is 4.79 Å². The van der Waals surface area contributed by atoms with Crippen LogP contribution in [0.5, 0.6) is 0 Å². The van der Waals surface area contributed by atoms with Gasteiger partial charge in [-0.15, -0.1) is 0 Å². The number of carbonyl (C=O) groups is 1. The third-order valence-electron chi connectivity index (χ3n) is 4.91. The van der Waals surface area contributed by atoms with Crippen molar-refractivity contribution in [2.45, 2.75) is 25.5 Å². The highest BCUT2D eigenvalue weighted by Gasteiger charge is 2.32. The molecular formula is C20H22Cl2N2O3S. The fourth-order valence-electron chi connectivity index (χ4n) is 3.32. The van der Waals surface area contributed by atoms with Crippen LogP contribution in [0.15, 0.2) is 42.5 Å². The van der Waals surface area contributed by atoms with Gasteiger partial charge in [-0.2, -0.15) is 0 Å². The van der Waals surface area contributed by atoms with Crippen molar-refractivity contribution < 1.29 is 13.2 Å². The van der Waals surface area contributed by atoms with Crippen molar-refractivity contribution in [3.05, 3.63) is 63.6 Å². The average molecular weight is 441 g/mol. The van der Waals surface area contributed by atoms with Crippen molar-refractivity contribution in [3.8, 4) is 0 Å². The number of anilines is 1. The minimum Gasteiger partial charge on any atom is -0.326 e. The van der Waals surface area contributed by atoms with E-state index in [-0.39, 0.29) is 18.2 Å². The maximum absolute atomic E-state index is 12.8. The molecule has 0 bridgehead atoms. The van der Waals surface area contributed by atoms with Gasteiger partial charge in [0.2, 0.25) is 15.9 Å². The molecule has 1 aliphatic heterocycles. The number of hydrogen-bond donors (Lipinski definition) is 1. The smallest absolute Gasteiger partial charge is 0.228 e. The van der Waals surface area contributed by atoms with Crippen LogP contribution in [0.2, 0.25) is 10.0 Å². The van der Waals surface area contributed by atoms with E-state index in [1.54, 1.807) is 42.5 Å². The molecule has 0 aromatic heterocycles. The first kappa shape index (κ1) is 21.1. The Balaban J connectivity index is 1.69. The summed E-state index contributed by atoms with van der Waals surface area (Å²) >= 11 is 12.1. The van der Waals surface area contributed by atoms with Gasteiger partial charge < -0.3 is 5.32 Å². The molecule has 1 amide bonds. The van der Waals surface area contributed by atoms with Crippen molar-refractivity contribution in [1.82, 2.24) is 4.31 Å². The number of halogens is 2. The first-order valence-electron chi connectivity index (χ1n) is 9.04. The maximum Gasteiger partial charge on any atom is 0.228 e. The van der Waals surface area contributed by atoms with E-state index in [0.717, 1.165) is 5.56 Å². The second kappa shape index (κ2) is 8.82. The van der Waals surface area contributed by atoms with E-state index in [0.29, 0.717) is 40.7 Å². The molecule has 3 rings (SSSR count). The van der Waals surface area contributed by atoms with Crippen LogP contribution in [0.1, 0.15) is 24.0 Å². The minimum atomic E-state index is -3.53. The minimum absolute atomic E-state index is 0.130. The summed E-state index contributed by atoms with van der Waals surface area (Å²) < 4.78 is 27.1. The topological polar surface area (TPSA) is 66.5 Å². The van der Waals surface area contributed by atoms with Crippen LogP contribution in [0, 0.1) is 12.8 Å². The predicted molar refractivity (Wildman–Crippen MR) is 113 cm³/mol. The van der Waals surface area contributed by atoms with Crippen LogP contribution in [0.25, 0.3) is 0 Å². The zero-order chi connectivity index (χ0) is 20.3. The Labute approximate surface area is 175 Å². The van der Waals surface area contributed by atoms with E-state index in [9.17, 15) is 13.2 Å². The highest BCUT2D eigenvalue weighted by molar-refractivity contribution is 7.88. The highest BCUT2D eigenvalue weighted by Crippen LogP contribution is 2.26. The molecule has 1 N–H and O–H groups in total. The molecular weight excluding hydrogens is 419 g/mol. The fourth-order valence-corrected chi connectivity index (χ4v) is 5.30. The number of piperidine rings is 1. The molecule has 1 atom stereocenters. The molecule has 28 heavy (non-hydrogen) atoms. The van der Waals surface area contributed by atoms with Crippen LogP contribution < -0.4 is 5.32 Å². The normalized spacial score (nSPS) is 18.0. The monoisotopic (exact) mass is 440 g/mol. The summed E-state index contributed by atoms with van der Waals surface area (Å²) in [6.45, 7) is 2.43. The lowest BCUT2D eigenvalue weighted by atomic mass is 9.98. The third-order valence-corrected chi connectivity index (χ3v) is 7.37. The summed E-state index contributed by atoms with van der Waals surface area (Å²) in [5.41, 5.74) is 2.07. The lowest BCUT2D eigenvalue weighted by Gasteiger charge is -2.31. The van der Waals surface area contributed by atoms with Gasteiger partial charge in [0, 0.05) is 28.8 Å². The van der Waals surface area contributed by atoms with Crippen LogP contribution >= 0.6 is 23.2 Å². The van der Waals surface area contributed by atoms with Gasteiger partial charge in [0.1, 0.15) is 0 Å². The molecule has 0 spiro atoms. The molecule has 1 saturated heterocycles. The Morgan fingerprint density at radius 1 is 1.21 bits per heavy atom. The van der Waals surface area contributed by atoms with Gasteiger partial charge in [0.05, 0.1) is 11.7 Å². The van der Waals surface area contributed by atoms with Crippen molar-refractivity contribution in [2.75, 3.05) is 18.4 Å². The molecule has 0 aliphatic carbocycles. The largest absolute Gasteiger partial charge is 0.326 e. The molecule has 2 aromatic rings. The van der Waals surface area contributed by atoms with Crippen molar-refractivity contribution >= 4 is 44.8 Å². The number of rotatable bonds is 5. The van der Waals surface area contributed by atoms with E-state index >= 15 is 0 Å². The van der Waals surface area contributed by atoms with Gasteiger partial charge in [-0.05, 0) is 55.2 Å². The Hall–Kier alpha value is -1.60. The lowest BCUT2D eigenvalue weighted by molar-refractivity contribution is -0.120. The van der Waals surface area contributed by atoms with Crippen molar-refractivity contribution in [1.29, 1.82) is 0 Å². The molecule has 1 fully saturated rings. The van der Waals surface area contributed by atoms with E-state index in [1.165, 1.54) is 4.31 Å². The van der Waals surface area contributed by atoms with Gasteiger partial charge in [0.15, 0.2) is 0 Å².